The number of nitrogens with one attached hydrogen (secondary N) is 1. The molecular weight excluding hydrogens is 184 g/mol. The third-order valence-corrected chi connectivity index (χ3v) is 2.41. The van der Waals surface area contributed by atoms with E-state index in [-0.39, 0.29) is 12.6 Å². The van der Waals surface area contributed by atoms with E-state index in [2.05, 4.69) is 5.32 Å². The van der Waals surface area contributed by atoms with E-state index in [1.54, 1.807) is 0 Å². The summed E-state index contributed by atoms with van der Waals surface area (Å²) in [6.07, 6.45) is 0.974. The summed E-state index contributed by atoms with van der Waals surface area (Å²) in [5.74, 6) is -0.683. The molecule has 1 saturated heterocycles. The predicted octanol–water partition coefficient (Wildman–Crippen LogP) is -1.01. The summed E-state index contributed by atoms with van der Waals surface area (Å²) >= 11 is 0. The molecule has 4 N–H and O–H groups in total. The van der Waals surface area contributed by atoms with Crippen LogP contribution in [0, 0.1) is 0 Å². The molecule has 0 aromatic carbocycles. The summed E-state index contributed by atoms with van der Waals surface area (Å²) in [5.41, 5.74) is 4.93. The number of aliphatic hydroxyl groups excluding tert-OH is 1. The summed E-state index contributed by atoms with van der Waals surface area (Å²) in [6, 6.07) is 0.313. The Balaban J connectivity index is 2.20. The summed E-state index contributed by atoms with van der Waals surface area (Å²) in [4.78, 5) is 10.5. The largest absolute Gasteiger partial charge is 0.382 e. The van der Waals surface area contributed by atoms with Gasteiger partial charge in [-0.25, -0.2) is 0 Å². The monoisotopic (exact) mass is 202 g/mol. The van der Waals surface area contributed by atoms with Crippen LogP contribution in [0.5, 0.6) is 0 Å². The van der Waals surface area contributed by atoms with Gasteiger partial charge in [-0.05, 0) is 19.8 Å². The number of rotatable bonds is 4. The van der Waals surface area contributed by atoms with Crippen molar-refractivity contribution in [2.75, 3.05) is 13.2 Å². The first-order valence-corrected chi connectivity index (χ1v) is 4.92. The third-order valence-electron chi connectivity index (χ3n) is 2.41. The maximum atomic E-state index is 10.5. The number of hydrogen-bond acceptors (Lipinski definition) is 4. The van der Waals surface area contributed by atoms with Crippen molar-refractivity contribution in [2.45, 2.75) is 38.0 Å². The molecule has 1 heterocycles. The van der Waals surface area contributed by atoms with Crippen molar-refractivity contribution in [3.63, 3.8) is 0 Å². The van der Waals surface area contributed by atoms with Crippen LogP contribution in [0.15, 0.2) is 0 Å². The van der Waals surface area contributed by atoms with Gasteiger partial charge in [0.25, 0.3) is 0 Å². The van der Waals surface area contributed by atoms with Crippen LogP contribution in [0.3, 0.4) is 0 Å². The molecule has 1 amide bonds. The lowest BCUT2D eigenvalue weighted by Crippen LogP contribution is -2.44. The van der Waals surface area contributed by atoms with E-state index < -0.39 is 12.0 Å². The molecule has 5 heteroatoms. The van der Waals surface area contributed by atoms with Gasteiger partial charge in [-0.3, -0.25) is 4.79 Å². The second-order valence-electron chi connectivity index (χ2n) is 3.73. The average Bonchev–Trinajstić information content (AvgIpc) is 2.14. The number of ether oxygens (including phenoxy) is 1. The van der Waals surface area contributed by atoms with Crippen LogP contribution in [0.2, 0.25) is 0 Å². The fraction of sp³-hybridized carbons (Fsp3) is 0.889. The molecule has 1 aliphatic rings. The van der Waals surface area contributed by atoms with Crippen molar-refractivity contribution < 1.29 is 14.6 Å². The summed E-state index contributed by atoms with van der Waals surface area (Å²) < 4.78 is 5.37. The number of carbonyl (C=O) groups is 1. The van der Waals surface area contributed by atoms with Crippen LogP contribution in [0.25, 0.3) is 0 Å². The SMILES string of the molecule is CC1CC(NCC(O)C(N)=O)CCO1. The molecule has 0 bridgehead atoms. The number of hydrogen-bond donors (Lipinski definition) is 3. The lowest BCUT2D eigenvalue weighted by Gasteiger charge is -2.28. The van der Waals surface area contributed by atoms with Gasteiger partial charge in [0.05, 0.1) is 6.10 Å². The molecular formula is C9H18N2O3. The van der Waals surface area contributed by atoms with Crippen LogP contribution < -0.4 is 11.1 Å². The summed E-state index contributed by atoms with van der Waals surface area (Å²) in [7, 11) is 0. The molecule has 1 rings (SSSR count). The molecule has 0 aromatic rings. The van der Waals surface area contributed by atoms with Crippen LogP contribution in [0.4, 0.5) is 0 Å². The molecule has 1 aliphatic heterocycles. The van der Waals surface area contributed by atoms with Gasteiger partial charge >= 0.3 is 0 Å². The number of amides is 1. The van der Waals surface area contributed by atoms with Gasteiger partial charge in [-0.1, -0.05) is 0 Å². The van der Waals surface area contributed by atoms with Gasteiger partial charge in [0.2, 0.25) is 5.91 Å². The van der Waals surface area contributed by atoms with E-state index in [0.29, 0.717) is 6.04 Å². The van der Waals surface area contributed by atoms with Gasteiger partial charge in [0.1, 0.15) is 6.10 Å². The Hall–Kier alpha value is -0.650. The fourth-order valence-corrected chi connectivity index (χ4v) is 1.56. The maximum Gasteiger partial charge on any atom is 0.247 e. The average molecular weight is 202 g/mol. The van der Waals surface area contributed by atoms with Gasteiger partial charge in [0.15, 0.2) is 0 Å². The van der Waals surface area contributed by atoms with Crippen molar-refractivity contribution in [3.05, 3.63) is 0 Å². The smallest absolute Gasteiger partial charge is 0.247 e. The van der Waals surface area contributed by atoms with E-state index in [1.807, 2.05) is 6.92 Å². The second kappa shape index (κ2) is 5.29. The zero-order valence-corrected chi connectivity index (χ0v) is 8.40. The van der Waals surface area contributed by atoms with E-state index in [1.165, 1.54) is 0 Å². The molecule has 0 saturated carbocycles. The maximum absolute atomic E-state index is 10.5. The zero-order chi connectivity index (χ0) is 10.6. The minimum absolute atomic E-state index is 0.229. The van der Waals surface area contributed by atoms with Crippen molar-refractivity contribution in [1.29, 1.82) is 0 Å². The van der Waals surface area contributed by atoms with Gasteiger partial charge in [-0.15, -0.1) is 0 Å². The lowest BCUT2D eigenvalue weighted by molar-refractivity contribution is -0.125. The van der Waals surface area contributed by atoms with E-state index in [4.69, 9.17) is 15.6 Å². The number of nitrogens with two attached hydrogens (primary N) is 1. The standard InChI is InChI=1S/C9H18N2O3/c1-6-4-7(2-3-14-6)11-5-8(12)9(10)13/h6-8,11-12H,2-5H2,1H3,(H2,10,13). The normalized spacial score (nSPS) is 29.9. The van der Waals surface area contributed by atoms with Crippen molar-refractivity contribution in [1.82, 2.24) is 5.32 Å². The molecule has 5 nitrogen and oxygen atoms in total. The summed E-state index contributed by atoms with van der Waals surface area (Å²) in [6.45, 7) is 2.97. The Morgan fingerprint density at radius 1 is 1.79 bits per heavy atom. The second-order valence-corrected chi connectivity index (χ2v) is 3.73. The molecule has 14 heavy (non-hydrogen) atoms. The number of carbonyl (C=O) groups excluding carboxylic acids is 1. The van der Waals surface area contributed by atoms with E-state index in [9.17, 15) is 4.79 Å². The van der Waals surface area contributed by atoms with Crippen molar-refractivity contribution in [3.8, 4) is 0 Å². The molecule has 0 radical (unpaired) electrons. The highest BCUT2D eigenvalue weighted by Crippen LogP contribution is 2.12. The van der Waals surface area contributed by atoms with Crippen LogP contribution in [-0.2, 0) is 9.53 Å². The van der Waals surface area contributed by atoms with Crippen molar-refractivity contribution in [2.24, 2.45) is 5.73 Å². The number of primary amides is 1. The Morgan fingerprint density at radius 3 is 3.07 bits per heavy atom. The van der Waals surface area contributed by atoms with Crippen molar-refractivity contribution >= 4 is 5.91 Å². The Kier molecular flexibility index (Phi) is 4.31. The fourth-order valence-electron chi connectivity index (χ4n) is 1.56. The highest BCUT2D eigenvalue weighted by Gasteiger charge is 2.20. The lowest BCUT2D eigenvalue weighted by atomic mass is 10.0. The molecule has 0 spiro atoms. The Labute approximate surface area is 83.6 Å². The third kappa shape index (κ3) is 3.61. The van der Waals surface area contributed by atoms with E-state index in [0.717, 1.165) is 19.4 Å². The first kappa shape index (κ1) is 11.4. The molecule has 82 valence electrons. The van der Waals surface area contributed by atoms with Gasteiger partial charge < -0.3 is 20.9 Å². The molecule has 1 fully saturated rings. The molecule has 3 atom stereocenters. The first-order chi connectivity index (χ1) is 6.59. The number of aliphatic hydroxyl groups is 1. The topological polar surface area (TPSA) is 84.6 Å². The first-order valence-electron chi connectivity index (χ1n) is 4.92. The Bertz CT molecular complexity index is 198. The Morgan fingerprint density at radius 2 is 2.50 bits per heavy atom. The van der Waals surface area contributed by atoms with Crippen LogP contribution >= 0.6 is 0 Å². The summed E-state index contributed by atoms with van der Waals surface area (Å²) in [5, 5.41) is 12.3. The minimum Gasteiger partial charge on any atom is -0.382 e. The highest BCUT2D eigenvalue weighted by atomic mass is 16.5. The quantitative estimate of drug-likeness (QED) is 0.545. The van der Waals surface area contributed by atoms with Gasteiger partial charge in [-0.2, -0.15) is 0 Å². The van der Waals surface area contributed by atoms with Crippen LogP contribution in [0.1, 0.15) is 19.8 Å². The molecule has 3 unspecified atom stereocenters. The molecule has 0 aromatic heterocycles. The highest BCUT2D eigenvalue weighted by molar-refractivity contribution is 5.78. The zero-order valence-electron chi connectivity index (χ0n) is 8.40. The van der Waals surface area contributed by atoms with E-state index >= 15 is 0 Å². The molecule has 0 aliphatic carbocycles. The predicted molar refractivity (Wildman–Crippen MR) is 51.6 cm³/mol. The minimum atomic E-state index is -1.09. The van der Waals surface area contributed by atoms with Crippen LogP contribution in [-0.4, -0.2) is 42.4 Å². The van der Waals surface area contributed by atoms with Gasteiger partial charge in [0, 0.05) is 19.2 Å².